The van der Waals surface area contributed by atoms with Gasteiger partial charge in [0.1, 0.15) is 23.0 Å². The van der Waals surface area contributed by atoms with Crippen LogP contribution in [0.2, 0.25) is 0 Å². The highest BCUT2D eigenvalue weighted by Gasteiger charge is 2.25. The van der Waals surface area contributed by atoms with Crippen LogP contribution in [0, 0.1) is 0 Å². The van der Waals surface area contributed by atoms with Crippen molar-refractivity contribution >= 4 is 17.9 Å². The third-order valence-electron chi connectivity index (χ3n) is 13.4. The van der Waals surface area contributed by atoms with E-state index in [9.17, 15) is 19.5 Å². The van der Waals surface area contributed by atoms with Crippen LogP contribution in [0.4, 0.5) is 0 Å². The van der Waals surface area contributed by atoms with Gasteiger partial charge in [-0.25, -0.2) is 14.4 Å². The van der Waals surface area contributed by atoms with Crippen LogP contribution in [0.3, 0.4) is 0 Å². The van der Waals surface area contributed by atoms with E-state index in [-0.39, 0.29) is 26.4 Å². The molecule has 0 fully saturated rings. The van der Waals surface area contributed by atoms with Crippen molar-refractivity contribution in [2.45, 2.75) is 156 Å². The van der Waals surface area contributed by atoms with E-state index < -0.39 is 17.9 Å². The van der Waals surface area contributed by atoms with Gasteiger partial charge in [-0.15, -0.1) is 0 Å². The van der Waals surface area contributed by atoms with Gasteiger partial charge in [-0.05, 0) is 144 Å². The molecular formula is C65H86O11. The summed E-state index contributed by atoms with van der Waals surface area (Å²) < 4.78 is 44.4. The van der Waals surface area contributed by atoms with Crippen LogP contribution in [-0.4, -0.2) is 75.9 Å². The molecule has 4 aromatic carbocycles. The maximum absolute atomic E-state index is 12.1. The van der Waals surface area contributed by atoms with E-state index in [0.29, 0.717) is 103 Å². The maximum atomic E-state index is 12.1. The summed E-state index contributed by atoms with van der Waals surface area (Å²) in [5.41, 5.74) is 12.6. The minimum Gasteiger partial charge on any atom is -0.493 e. The average Bonchev–Trinajstić information content (AvgIpc) is 3.42. The highest BCUT2D eigenvalue weighted by molar-refractivity contribution is 5.81. The molecule has 5 rings (SSSR count). The van der Waals surface area contributed by atoms with Gasteiger partial charge in [-0.2, -0.15) is 0 Å². The van der Waals surface area contributed by atoms with Crippen molar-refractivity contribution in [1.82, 2.24) is 0 Å². The number of aryl methyl sites for hydroxylation is 4. The molecule has 0 aliphatic heterocycles. The van der Waals surface area contributed by atoms with Gasteiger partial charge in [0.2, 0.25) is 0 Å². The Hall–Kier alpha value is -6.33. The van der Waals surface area contributed by atoms with Crippen LogP contribution < -0.4 is 18.9 Å². The van der Waals surface area contributed by atoms with E-state index in [1.807, 2.05) is 0 Å². The molecule has 11 nitrogen and oxygen atoms in total. The smallest absolute Gasteiger partial charge is 0.330 e. The quantitative estimate of drug-likeness (QED) is 0.0182. The summed E-state index contributed by atoms with van der Waals surface area (Å²) in [5, 5.41) is 10.2. The number of benzene rings is 4. The third kappa shape index (κ3) is 19.4. The monoisotopic (exact) mass is 1040 g/mol. The normalized spacial score (nSPS) is 11.8. The fourth-order valence-corrected chi connectivity index (χ4v) is 9.58. The molecule has 0 amide bonds. The summed E-state index contributed by atoms with van der Waals surface area (Å²) in [5.74, 6) is 2.02. The van der Waals surface area contributed by atoms with E-state index in [4.69, 9.17) is 33.2 Å². The van der Waals surface area contributed by atoms with Crippen molar-refractivity contribution < 1.29 is 52.6 Å². The van der Waals surface area contributed by atoms with Gasteiger partial charge in [0, 0.05) is 50.5 Å². The van der Waals surface area contributed by atoms with Crippen LogP contribution in [0.5, 0.6) is 23.0 Å². The molecule has 76 heavy (non-hydrogen) atoms. The Kier molecular flexibility index (Phi) is 26.8. The van der Waals surface area contributed by atoms with Crippen LogP contribution in [-0.2, 0) is 80.0 Å². The molecular weight excluding hydrogens is 957 g/mol. The fourth-order valence-electron chi connectivity index (χ4n) is 9.58. The summed E-state index contributed by atoms with van der Waals surface area (Å²) in [7, 11) is 0. The number of fused-ring (bicyclic) bond motifs is 8. The molecule has 8 bridgehead atoms. The van der Waals surface area contributed by atoms with Gasteiger partial charge in [-0.3, -0.25) is 0 Å². The lowest BCUT2D eigenvalue weighted by Gasteiger charge is -2.25. The summed E-state index contributed by atoms with van der Waals surface area (Å²) in [4.78, 5) is 36.4. The Morgan fingerprint density at radius 2 is 0.605 bits per heavy atom. The number of esters is 3. The van der Waals surface area contributed by atoms with Crippen molar-refractivity contribution in [1.29, 1.82) is 0 Å². The predicted octanol–water partition coefficient (Wildman–Crippen LogP) is 13.0. The number of aliphatic hydroxyl groups excluding tert-OH is 1. The number of unbranched alkanes of at least 4 members (excludes halogenated alkanes) is 4. The first-order valence-corrected chi connectivity index (χ1v) is 28.2. The number of aliphatic hydroxyl groups is 1. The van der Waals surface area contributed by atoms with Crippen LogP contribution >= 0.6 is 0 Å². The second-order valence-corrected chi connectivity index (χ2v) is 19.7. The number of ether oxygens (including phenoxy) is 7. The number of carbonyl (C=O) groups is 3. The minimum atomic E-state index is -0.447. The molecule has 1 aliphatic rings. The lowest BCUT2D eigenvalue weighted by Crippen LogP contribution is -2.12. The number of hydrogen-bond acceptors (Lipinski definition) is 11. The summed E-state index contributed by atoms with van der Waals surface area (Å²) in [6.07, 6.45) is 18.1. The second-order valence-electron chi connectivity index (χ2n) is 19.7. The first-order chi connectivity index (χ1) is 37.1. The molecule has 412 valence electrons. The molecule has 0 saturated heterocycles. The Morgan fingerprint density at radius 3 is 0.803 bits per heavy atom. The van der Waals surface area contributed by atoms with Gasteiger partial charge in [0.05, 0.1) is 46.2 Å². The SMILES string of the molecule is C=CC(=O)OCCCc1cc2c(OCCCC)c(c1)Cc1cc(CCCOC(=O)C=C)cc(c1OCCCC)Cc1cc(CCCOC(=O)C=C)cc(c1OCCCC)Cc1cc(CCCO)cc(c1OCCCC)C2. The molecule has 4 aromatic rings. The molecule has 1 N–H and O–H groups in total. The summed E-state index contributed by atoms with van der Waals surface area (Å²) in [6.45, 7) is 22.4. The fraction of sp³-hybridized carbons (Fsp3) is 0.492. The molecule has 0 heterocycles. The zero-order valence-electron chi connectivity index (χ0n) is 46.3. The second kappa shape index (κ2) is 33.6. The minimum absolute atomic E-state index is 0.0695. The zero-order chi connectivity index (χ0) is 54.5. The van der Waals surface area contributed by atoms with Gasteiger partial charge in [0.15, 0.2) is 0 Å². The van der Waals surface area contributed by atoms with E-state index in [1.54, 1.807) is 0 Å². The first-order valence-electron chi connectivity index (χ1n) is 28.2. The Balaban J connectivity index is 1.89. The lowest BCUT2D eigenvalue weighted by molar-refractivity contribution is -0.138. The Labute approximate surface area is 454 Å². The molecule has 0 unspecified atom stereocenters. The highest BCUT2D eigenvalue weighted by atomic mass is 16.5. The van der Waals surface area contributed by atoms with E-state index >= 15 is 0 Å². The van der Waals surface area contributed by atoms with Crippen molar-refractivity contribution in [2.24, 2.45) is 0 Å². The van der Waals surface area contributed by atoms with Crippen molar-refractivity contribution in [3.05, 3.63) is 153 Å². The van der Waals surface area contributed by atoms with Crippen molar-refractivity contribution in [3.8, 4) is 23.0 Å². The summed E-state index contributed by atoms with van der Waals surface area (Å²) >= 11 is 0. The highest BCUT2D eigenvalue weighted by Crippen LogP contribution is 2.42. The molecule has 11 heteroatoms. The summed E-state index contributed by atoms with van der Waals surface area (Å²) in [6, 6.07) is 18.0. The molecule has 0 atom stereocenters. The standard InChI is InChI=1S/C65H86O11/c1-8-15-28-73-62-51-35-47(23-19-27-66)36-52(62)44-54-38-49(25-21-33-71-60(68)13-6)40-56(64(54)75-30-17-10-3)46-58-42-50(26-22-34-72-61(69)14-7)41-57(65(58)76-31-18-11-4)45-55-39-48(24-20-32-70-59(67)12-5)37-53(43-51)63(55)74-29-16-9-2/h12-14,35-42,66H,5-11,15-34,43-46H2,1-4H3. The Morgan fingerprint density at radius 1 is 0.382 bits per heavy atom. The largest absolute Gasteiger partial charge is 0.493 e. The first kappa shape index (κ1) is 60.5. The lowest BCUT2D eigenvalue weighted by atomic mass is 9.87. The molecule has 1 aliphatic carbocycles. The predicted molar refractivity (Wildman–Crippen MR) is 302 cm³/mol. The van der Waals surface area contributed by atoms with Gasteiger partial charge < -0.3 is 38.3 Å². The van der Waals surface area contributed by atoms with Gasteiger partial charge in [0.25, 0.3) is 0 Å². The number of hydrogen-bond donors (Lipinski definition) is 1. The Bertz CT molecular complexity index is 2380. The van der Waals surface area contributed by atoms with Gasteiger partial charge >= 0.3 is 17.9 Å². The van der Waals surface area contributed by atoms with Crippen molar-refractivity contribution in [2.75, 3.05) is 52.9 Å². The van der Waals surface area contributed by atoms with Gasteiger partial charge in [-0.1, -0.05) is 122 Å². The van der Waals surface area contributed by atoms with Crippen LogP contribution in [0.1, 0.15) is 172 Å². The average molecular weight is 1040 g/mol. The molecule has 0 radical (unpaired) electrons. The molecule has 0 saturated carbocycles. The number of rotatable bonds is 34. The van der Waals surface area contributed by atoms with Crippen molar-refractivity contribution in [3.63, 3.8) is 0 Å². The van der Waals surface area contributed by atoms with E-state index in [1.165, 1.54) is 18.2 Å². The molecule has 0 aromatic heterocycles. The van der Waals surface area contributed by atoms with E-state index in [0.717, 1.165) is 141 Å². The van der Waals surface area contributed by atoms with E-state index in [2.05, 4.69) is 96.0 Å². The topological polar surface area (TPSA) is 136 Å². The maximum Gasteiger partial charge on any atom is 0.330 e. The van der Waals surface area contributed by atoms with Crippen LogP contribution in [0.25, 0.3) is 0 Å². The number of carbonyl (C=O) groups excluding carboxylic acids is 3. The zero-order valence-corrected chi connectivity index (χ0v) is 46.3. The third-order valence-corrected chi connectivity index (χ3v) is 13.4. The van der Waals surface area contributed by atoms with Crippen LogP contribution in [0.15, 0.2) is 86.5 Å². The molecule has 0 spiro atoms.